The maximum atomic E-state index is 12.3. The molecule has 1 aliphatic heterocycles. The van der Waals surface area contributed by atoms with E-state index in [1.54, 1.807) is 19.9 Å². The maximum absolute atomic E-state index is 12.3. The summed E-state index contributed by atoms with van der Waals surface area (Å²) in [4.78, 5) is 27.9. The fourth-order valence-electron chi connectivity index (χ4n) is 4.30. The summed E-state index contributed by atoms with van der Waals surface area (Å²) in [5.74, 6) is -1.21. The van der Waals surface area contributed by atoms with Crippen molar-refractivity contribution in [1.29, 1.82) is 5.26 Å². The molecule has 3 rings (SSSR count). The smallest absolute Gasteiger partial charge is 0.408 e. The first kappa shape index (κ1) is 21.7. The molecule has 1 aromatic heterocycles. The molecule has 30 heavy (non-hydrogen) atoms. The Morgan fingerprint density at radius 2 is 2.17 bits per heavy atom. The lowest BCUT2D eigenvalue weighted by atomic mass is 9.81. The highest BCUT2D eigenvalue weighted by atomic mass is 16.6. The topological polar surface area (TPSA) is 124 Å². The Kier molecular flexibility index (Phi) is 6.04. The molecule has 1 aromatic carbocycles. The standard InChI is InChI=1S/C22H27N3O5/c1-5-9-22(19(20(26)27)25-21(28)30-12(2)3)18-15(8-10-29-22)16-14(11-23)7-6-13(4)17(16)24-18/h6-7,12,19,24H,5,8-10H2,1-4H3,(H,25,28)(H,26,27)/t19-,22+/m1/s1. The Labute approximate surface area is 175 Å². The van der Waals surface area contributed by atoms with E-state index < -0.39 is 29.8 Å². The minimum atomic E-state index is -1.36. The molecule has 8 nitrogen and oxygen atoms in total. The second-order valence-corrected chi connectivity index (χ2v) is 7.88. The van der Waals surface area contributed by atoms with Gasteiger partial charge in [0, 0.05) is 5.39 Å². The van der Waals surface area contributed by atoms with Crippen LogP contribution in [0.2, 0.25) is 0 Å². The van der Waals surface area contributed by atoms with Crippen LogP contribution in [0.1, 0.15) is 56.0 Å². The van der Waals surface area contributed by atoms with E-state index in [1.807, 2.05) is 19.9 Å². The Bertz CT molecular complexity index is 1020. The SMILES string of the molecule is CCC[C@]1([C@H](NC(=O)OC(C)C)C(=O)O)OCCc2c1[nH]c1c(C)ccc(C#N)c21. The number of rotatable bonds is 6. The molecular weight excluding hydrogens is 386 g/mol. The van der Waals surface area contributed by atoms with Crippen molar-refractivity contribution in [2.75, 3.05) is 6.61 Å². The largest absolute Gasteiger partial charge is 0.480 e. The van der Waals surface area contributed by atoms with E-state index in [0.29, 0.717) is 30.5 Å². The number of aromatic nitrogens is 1. The summed E-state index contributed by atoms with van der Waals surface area (Å²) in [5, 5.41) is 23.0. The van der Waals surface area contributed by atoms with Crippen LogP contribution in [0.3, 0.4) is 0 Å². The van der Waals surface area contributed by atoms with Crippen molar-refractivity contribution < 1.29 is 24.2 Å². The lowest BCUT2D eigenvalue weighted by molar-refractivity contribution is -0.156. The van der Waals surface area contributed by atoms with E-state index >= 15 is 0 Å². The number of carbonyl (C=O) groups excluding carboxylic acids is 1. The number of carboxylic acid groups (broad SMARTS) is 1. The fourth-order valence-corrected chi connectivity index (χ4v) is 4.30. The van der Waals surface area contributed by atoms with Crippen LogP contribution in [0, 0.1) is 18.3 Å². The van der Waals surface area contributed by atoms with E-state index in [0.717, 1.165) is 22.0 Å². The molecule has 0 fully saturated rings. The van der Waals surface area contributed by atoms with Gasteiger partial charge in [0.1, 0.15) is 5.60 Å². The van der Waals surface area contributed by atoms with E-state index in [4.69, 9.17) is 9.47 Å². The number of H-pyrrole nitrogens is 1. The van der Waals surface area contributed by atoms with Gasteiger partial charge in [-0.25, -0.2) is 9.59 Å². The lowest BCUT2D eigenvalue weighted by Gasteiger charge is -2.41. The predicted molar refractivity (Wildman–Crippen MR) is 110 cm³/mol. The third kappa shape index (κ3) is 3.61. The Morgan fingerprint density at radius 1 is 1.43 bits per heavy atom. The molecular formula is C22H27N3O5. The van der Waals surface area contributed by atoms with Crippen LogP contribution in [-0.4, -0.2) is 40.9 Å². The number of hydrogen-bond acceptors (Lipinski definition) is 5. The molecule has 2 heterocycles. The zero-order valence-corrected chi connectivity index (χ0v) is 17.7. The monoisotopic (exact) mass is 413 g/mol. The van der Waals surface area contributed by atoms with Gasteiger partial charge in [-0.1, -0.05) is 19.4 Å². The summed E-state index contributed by atoms with van der Waals surface area (Å²) in [6.45, 7) is 7.52. The first-order valence-corrected chi connectivity index (χ1v) is 10.1. The first-order chi connectivity index (χ1) is 14.2. The van der Waals surface area contributed by atoms with Crippen molar-refractivity contribution in [3.63, 3.8) is 0 Å². The van der Waals surface area contributed by atoms with Gasteiger partial charge in [0.15, 0.2) is 6.04 Å². The van der Waals surface area contributed by atoms with E-state index in [2.05, 4.69) is 16.4 Å². The summed E-state index contributed by atoms with van der Waals surface area (Å²) in [6.07, 6.45) is 0.338. The number of hydrogen-bond donors (Lipinski definition) is 3. The van der Waals surface area contributed by atoms with Gasteiger partial charge in [-0.05, 0) is 50.8 Å². The van der Waals surface area contributed by atoms with Crippen molar-refractivity contribution in [1.82, 2.24) is 10.3 Å². The van der Waals surface area contributed by atoms with E-state index in [1.165, 1.54) is 0 Å². The van der Waals surface area contributed by atoms with Crippen molar-refractivity contribution in [2.45, 2.75) is 64.7 Å². The molecule has 0 saturated carbocycles. The number of benzene rings is 1. The third-order valence-corrected chi connectivity index (χ3v) is 5.46. The van der Waals surface area contributed by atoms with Crippen molar-refractivity contribution in [2.24, 2.45) is 0 Å². The van der Waals surface area contributed by atoms with Crippen LogP contribution >= 0.6 is 0 Å². The molecule has 0 bridgehead atoms. The van der Waals surface area contributed by atoms with Gasteiger partial charge in [0.25, 0.3) is 0 Å². The summed E-state index contributed by atoms with van der Waals surface area (Å²) >= 11 is 0. The highest BCUT2D eigenvalue weighted by molar-refractivity contribution is 5.93. The fraction of sp³-hybridized carbons (Fsp3) is 0.500. The summed E-state index contributed by atoms with van der Waals surface area (Å²) < 4.78 is 11.3. The van der Waals surface area contributed by atoms with Crippen LogP contribution in [0.15, 0.2) is 12.1 Å². The average Bonchev–Trinajstić information content (AvgIpc) is 3.08. The number of aliphatic carboxylic acids is 1. The highest BCUT2D eigenvalue weighted by Crippen LogP contribution is 2.43. The minimum absolute atomic E-state index is 0.281. The van der Waals surface area contributed by atoms with E-state index in [-0.39, 0.29) is 6.61 Å². The molecule has 2 aromatic rings. The van der Waals surface area contributed by atoms with Gasteiger partial charge in [-0.15, -0.1) is 0 Å². The molecule has 0 saturated heterocycles. The Hall–Kier alpha value is -3.05. The number of aromatic amines is 1. The van der Waals surface area contributed by atoms with Crippen molar-refractivity contribution >= 4 is 23.0 Å². The number of aryl methyl sites for hydroxylation is 1. The number of nitrogens with zero attached hydrogens (tertiary/aromatic N) is 1. The quantitative estimate of drug-likeness (QED) is 0.666. The number of carbonyl (C=O) groups is 2. The first-order valence-electron chi connectivity index (χ1n) is 10.1. The molecule has 3 N–H and O–H groups in total. The summed E-state index contributed by atoms with van der Waals surface area (Å²) in [7, 11) is 0. The Morgan fingerprint density at radius 3 is 2.77 bits per heavy atom. The van der Waals surface area contributed by atoms with Crippen LogP contribution in [0.25, 0.3) is 10.9 Å². The molecule has 0 aliphatic carbocycles. The molecule has 0 spiro atoms. The normalized spacial score (nSPS) is 19.2. The number of nitriles is 1. The van der Waals surface area contributed by atoms with Crippen molar-refractivity contribution in [3.05, 3.63) is 34.5 Å². The molecule has 0 unspecified atom stereocenters. The maximum Gasteiger partial charge on any atom is 0.408 e. The molecule has 160 valence electrons. The summed E-state index contributed by atoms with van der Waals surface area (Å²) in [6, 6.07) is 4.50. The second-order valence-electron chi connectivity index (χ2n) is 7.88. The molecule has 8 heteroatoms. The highest BCUT2D eigenvalue weighted by Gasteiger charge is 2.51. The van der Waals surface area contributed by atoms with Gasteiger partial charge < -0.3 is 24.9 Å². The zero-order chi connectivity index (χ0) is 22.1. The van der Waals surface area contributed by atoms with E-state index in [9.17, 15) is 20.0 Å². The second kappa shape index (κ2) is 8.36. The average molecular weight is 413 g/mol. The predicted octanol–water partition coefficient (Wildman–Crippen LogP) is 3.50. The van der Waals surface area contributed by atoms with Gasteiger partial charge in [0.2, 0.25) is 0 Å². The number of amides is 1. The zero-order valence-electron chi connectivity index (χ0n) is 17.7. The van der Waals surface area contributed by atoms with Gasteiger partial charge in [-0.3, -0.25) is 0 Å². The van der Waals surface area contributed by atoms with Crippen molar-refractivity contribution in [3.8, 4) is 6.07 Å². The Balaban J connectivity index is 2.22. The summed E-state index contributed by atoms with van der Waals surface area (Å²) in [5.41, 5.74) is 2.44. The molecule has 2 atom stereocenters. The van der Waals surface area contributed by atoms with Gasteiger partial charge in [0.05, 0.1) is 35.6 Å². The van der Waals surface area contributed by atoms with Crippen LogP contribution in [-0.2, 0) is 26.3 Å². The number of carboxylic acids is 1. The molecule has 0 radical (unpaired) electrons. The van der Waals surface area contributed by atoms with Crippen LogP contribution in [0.5, 0.6) is 0 Å². The lowest BCUT2D eigenvalue weighted by Crippen LogP contribution is -2.58. The van der Waals surface area contributed by atoms with Gasteiger partial charge in [-0.2, -0.15) is 5.26 Å². The molecule has 1 aliphatic rings. The number of fused-ring (bicyclic) bond motifs is 3. The number of ether oxygens (including phenoxy) is 2. The number of alkyl carbamates (subject to hydrolysis) is 1. The molecule has 1 amide bonds. The van der Waals surface area contributed by atoms with Gasteiger partial charge >= 0.3 is 12.1 Å². The number of nitrogens with one attached hydrogen (secondary N) is 2. The third-order valence-electron chi connectivity index (χ3n) is 5.46. The minimum Gasteiger partial charge on any atom is -0.480 e. The van der Waals surface area contributed by atoms with Crippen LogP contribution in [0.4, 0.5) is 4.79 Å². The van der Waals surface area contributed by atoms with Crippen LogP contribution < -0.4 is 5.32 Å².